The fourth-order valence-corrected chi connectivity index (χ4v) is 3.68. The third-order valence-electron chi connectivity index (χ3n) is 2.73. The zero-order chi connectivity index (χ0) is 14.7. The summed E-state index contributed by atoms with van der Waals surface area (Å²) < 4.78 is 6.04. The molecular weight excluding hydrogens is 370 g/mol. The number of aliphatic carboxylic acids is 1. The molecule has 1 atom stereocenters. The van der Waals surface area contributed by atoms with Gasteiger partial charge < -0.3 is 14.7 Å². The Kier molecular flexibility index (Phi) is 5.17. The molecule has 1 aromatic carbocycles. The molecule has 1 aliphatic rings. The van der Waals surface area contributed by atoms with Gasteiger partial charge in [-0.2, -0.15) is 0 Å². The Morgan fingerprint density at radius 3 is 2.95 bits per heavy atom. The Labute approximate surface area is 133 Å². The van der Waals surface area contributed by atoms with Gasteiger partial charge in [0.1, 0.15) is 11.8 Å². The Morgan fingerprint density at radius 1 is 1.55 bits per heavy atom. The highest BCUT2D eigenvalue weighted by Crippen LogP contribution is 2.28. The van der Waals surface area contributed by atoms with Crippen LogP contribution in [0, 0.1) is 0 Å². The molecule has 1 amide bonds. The number of hydrogen-bond donors (Lipinski definition) is 1. The first-order valence-corrected chi connectivity index (χ1v) is 7.99. The van der Waals surface area contributed by atoms with Crippen molar-refractivity contribution in [3.63, 3.8) is 0 Å². The van der Waals surface area contributed by atoms with Gasteiger partial charge in [-0.3, -0.25) is 4.79 Å². The number of rotatable bonds is 4. The average Bonchev–Trinajstić information content (AvgIpc) is 2.86. The van der Waals surface area contributed by atoms with Crippen molar-refractivity contribution in [2.24, 2.45) is 0 Å². The Balaban J connectivity index is 1.96. The van der Waals surface area contributed by atoms with Crippen LogP contribution >= 0.6 is 39.3 Å². The van der Waals surface area contributed by atoms with Gasteiger partial charge in [0.2, 0.25) is 0 Å². The summed E-state index contributed by atoms with van der Waals surface area (Å²) in [5, 5.41) is 9.58. The predicted octanol–water partition coefficient (Wildman–Crippen LogP) is 2.47. The van der Waals surface area contributed by atoms with E-state index < -0.39 is 12.0 Å². The van der Waals surface area contributed by atoms with Gasteiger partial charge in [-0.15, -0.1) is 11.8 Å². The van der Waals surface area contributed by atoms with Crippen molar-refractivity contribution in [3.05, 3.63) is 27.7 Å². The van der Waals surface area contributed by atoms with Gasteiger partial charge in [0, 0.05) is 10.8 Å². The number of halogens is 2. The van der Waals surface area contributed by atoms with Gasteiger partial charge in [-0.25, -0.2) is 4.79 Å². The molecule has 0 bridgehead atoms. The van der Waals surface area contributed by atoms with Gasteiger partial charge in [-0.05, 0) is 34.1 Å². The van der Waals surface area contributed by atoms with Crippen LogP contribution in [-0.2, 0) is 9.59 Å². The number of amides is 1. The molecule has 108 valence electrons. The molecule has 0 aromatic heterocycles. The molecule has 0 spiro atoms. The van der Waals surface area contributed by atoms with Gasteiger partial charge in [-0.1, -0.05) is 11.6 Å². The minimum atomic E-state index is -0.990. The van der Waals surface area contributed by atoms with E-state index in [2.05, 4.69) is 15.9 Å². The maximum absolute atomic E-state index is 12.0. The lowest BCUT2D eigenvalue weighted by atomic mass is 10.3. The third-order valence-corrected chi connectivity index (χ3v) is 4.60. The summed E-state index contributed by atoms with van der Waals surface area (Å²) >= 11 is 10.5. The van der Waals surface area contributed by atoms with Crippen LogP contribution < -0.4 is 4.74 Å². The predicted molar refractivity (Wildman–Crippen MR) is 80.2 cm³/mol. The monoisotopic (exact) mass is 379 g/mol. The van der Waals surface area contributed by atoms with Crippen LogP contribution in [0.15, 0.2) is 22.7 Å². The number of carbonyl (C=O) groups excluding carboxylic acids is 1. The number of nitrogens with zero attached hydrogens (tertiary/aromatic N) is 1. The summed E-state index contributed by atoms with van der Waals surface area (Å²) in [6, 6.07) is 4.18. The van der Waals surface area contributed by atoms with Crippen molar-refractivity contribution < 1.29 is 19.4 Å². The summed E-state index contributed by atoms with van der Waals surface area (Å²) in [5.74, 6) is -0.0612. The fourth-order valence-electron chi connectivity index (χ4n) is 1.71. The minimum absolute atomic E-state index is 0.204. The highest BCUT2D eigenvalue weighted by molar-refractivity contribution is 9.10. The highest BCUT2D eigenvalue weighted by Gasteiger charge is 2.34. The molecule has 5 nitrogen and oxygen atoms in total. The molecule has 1 aliphatic heterocycles. The standard InChI is InChI=1S/C12H11BrClNO4S/c13-8-3-7(14)1-2-10(8)19-4-11(16)15-6-20-5-9(15)12(17)18/h1-3,9H,4-6H2,(H,17,18). The molecule has 20 heavy (non-hydrogen) atoms. The largest absolute Gasteiger partial charge is 0.483 e. The summed E-state index contributed by atoms with van der Waals surface area (Å²) in [7, 11) is 0. The molecule has 0 aliphatic carbocycles. The minimum Gasteiger partial charge on any atom is -0.483 e. The molecule has 1 fully saturated rings. The molecule has 1 saturated heterocycles. The summed E-state index contributed by atoms with van der Waals surface area (Å²) in [6.45, 7) is -0.204. The Bertz CT molecular complexity index is 542. The maximum Gasteiger partial charge on any atom is 0.327 e. The summed E-state index contributed by atoms with van der Waals surface area (Å²) in [4.78, 5) is 24.3. The summed E-state index contributed by atoms with van der Waals surface area (Å²) in [5.41, 5.74) is 0. The molecule has 1 heterocycles. The van der Waals surface area contributed by atoms with E-state index in [1.54, 1.807) is 18.2 Å². The first-order chi connectivity index (χ1) is 9.49. The van der Waals surface area contributed by atoms with Gasteiger partial charge in [0.05, 0.1) is 10.3 Å². The molecule has 1 aromatic rings. The topological polar surface area (TPSA) is 66.8 Å². The van der Waals surface area contributed by atoms with Crippen LogP contribution in [0.25, 0.3) is 0 Å². The van der Waals surface area contributed by atoms with E-state index in [0.29, 0.717) is 26.9 Å². The van der Waals surface area contributed by atoms with E-state index in [9.17, 15) is 9.59 Å². The van der Waals surface area contributed by atoms with Crippen molar-refractivity contribution in [1.82, 2.24) is 4.90 Å². The number of carboxylic acid groups (broad SMARTS) is 1. The van der Waals surface area contributed by atoms with Crippen LogP contribution in [-0.4, -0.2) is 46.2 Å². The second kappa shape index (κ2) is 6.69. The van der Waals surface area contributed by atoms with Gasteiger partial charge in [0.25, 0.3) is 5.91 Å². The average molecular weight is 381 g/mol. The number of carbonyl (C=O) groups is 2. The molecule has 1 unspecified atom stereocenters. The normalized spacial score (nSPS) is 18.1. The van der Waals surface area contributed by atoms with Gasteiger partial charge >= 0.3 is 5.97 Å². The lowest BCUT2D eigenvalue weighted by Gasteiger charge is -2.20. The lowest BCUT2D eigenvalue weighted by Crippen LogP contribution is -2.43. The van der Waals surface area contributed by atoms with Crippen LogP contribution in [0.4, 0.5) is 0 Å². The number of carboxylic acids is 1. The van der Waals surface area contributed by atoms with Crippen LogP contribution in [0.3, 0.4) is 0 Å². The van der Waals surface area contributed by atoms with Crippen molar-refractivity contribution in [2.45, 2.75) is 6.04 Å². The first kappa shape index (κ1) is 15.5. The second-order valence-electron chi connectivity index (χ2n) is 4.08. The number of thioether (sulfide) groups is 1. The highest BCUT2D eigenvalue weighted by atomic mass is 79.9. The van der Waals surface area contributed by atoms with Crippen LogP contribution in [0.2, 0.25) is 5.02 Å². The third kappa shape index (κ3) is 3.59. The molecule has 8 heteroatoms. The SMILES string of the molecule is O=C(O)C1CSCN1C(=O)COc1ccc(Cl)cc1Br. The number of hydrogen-bond acceptors (Lipinski definition) is 4. The number of benzene rings is 1. The smallest absolute Gasteiger partial charge is 0.327 e. The van der Waals surface area contributed by atoms with E-state index in [-0.39, 0.29) is 12.5 Å². The van der Waals surface area contributed by atoms with E-state index in [1.807, 2.05) is 0 Å². The summed E-state index contributed by atoms with van der Waals surface area (Å²) in [6.07, 6.45) is 0. The maximum atomic E-state index is 12.0. The molecule has 1 N–H and O–H groups in total. The Hall–Kier alpha value is -0.920. The second-order valence-corrected chi connectivity index (χ2v) is 6.37. The zero-order valence-electron chi connectivity index (χ0n) is 10.2. The van der Waals surface area contributed by atoms with E-state index in [4.69, 9.17) is 21.4 Å². The lowest BCUT2D eigenvalue weighted by molar-refractivity contribution is -0.148. The quantitative estimate of drug-likeness (QED) is 0.869. The van der Waals surface area contributed by atoms with Crippen molar-refractivity contribution in [1.29, 1.82) is 0 Å². The Morgan fingerprint density at radius 2 is 2.30 bits per heavy atom. The van der Waals surface area contributed by atoms with Crippen LogP contribution in [0.5, 0.6) is 5.75 Å². The van der Waals surface area contributed by atoms with Gasteiger partial charge in [0.15, 0.2) is 6.61 Å². The van der Waals surface area contributed by atoms with Crippen molar-refractivity contribution >= 4 is 51.2 Å². The van der Waals surface area contributed by atoms with E-state index >= 15 is 0 Å². The van der Waals surface area contributed by atoms with E-state index in [0.717, 1.165) is 0 Å². The first-order valence-electron chi connectivity index (χ1n) is 5.67. The molecule has 0 radical (unpaired) electrons. The molecule has 2 rings (SSSR count). The molecule has 0 saturated carbocycles. The number of ether oxygens (including phenoxy) is 1. The van der Waals surface area contributed by atoms with E-state index in [1.165, 1.54) is 16.7 Å². The van der Waals surface area contributed by atoms with Crippen molar-refractivity contribution in [2.75, 3.05) is 18.2 Å². The van der Waals surface area contributed by atoms with Crippen molar-refractivity contribution in [3.8, 4) is 5.75 Å². The fraction of sp³-hybridized carbons (Fsp3) is 0.333. The van der Waals surface area contributed by atoms with Crippen LogP contribution in [0.1, 0.15) is 0 Å². The zero-order valence-corrected chi connectivity index (χ0v) is 13.4. The molecular formula is C12H11BrClNO4S.